The summed E-state index contributed by atoms with van der Waals surface area (Å²) in [5, 5.41) is 6.84. The second kappa shape index (κ2) is 8.02. The second-order valence-corrected chi connectivity index (χ2v) is 6.81. The van der Waals surface area contributed by atoms with Crippen molar-refractivity contribution in [1.82, 2.24) is 10.2 Å². The molecular weight excluding hydrogens is 334 g/mol. The quantitative estimate of drug-likeness (QED) is 0.646. The van der Waals surface area contributed by atoms with Crippen LogP contribution in [0, 0.1) is 0 Å². The van der Waals surface area contributed by atoms with E-state index in [2.05, 4.69) is 37.6 Å². The molecule has 3 rings (SSSR count). The Bertz CT molecular complexity index is 718. The average Bonchev–Trinajstić information content (AvgIpc) is 3.18. The zero-order chi connectivity index (χ0) is 17.6. The van der Waals surface area contributed by atoms with Crippen LogP contribution in [0.1, 0.15) is 15.9 Å². The van der Waals surface area contributed by atoms with Gasteiger partial charge in [-0.15, -0.1) is 11.3 Å². The van der Waals surface area contributed by atoms with E-state index < -0.39 is 5.91 Å². The van der Waals surface area contributed by atoms with E-state index in [1.807, 2.05) is 19.2 Å². The lowest BCUT2D eigenvalue weighted by molar-refractivity contribution is 0.100. The fraction of sp³-hybridized carbons (Fsp3) is 0.333. The molecule has 1 aliphatic heterocycles. The third kappa shape index (κ3) is 4.30. The van der Waals surface area contributed by atoms with Crippen LogP contribution in [0.15, 0.2) is 46.8 Å². The number of hydrogen-bond acceptors (Lipinski definition) is 4. The molecule has 6 nitrogen and oxygen atoms in total. The van der Waals surface area contributed by atoms with Gasteiger partial charge < -0.3 is 20.9 Å². The van der Waals surface area contributed by atoms with Crippen LogP contribution in [0.2, 0.25) is 0 Å². The number of piperazine rings is 1. The van der Waals surface area contributed by atoms with Crippen molar-refractivity contribution in [2.24, 2.45) is 10.7 Å². The number of nitrogens with zero attached hydrogens (tertiary/aromatic N) is 3. The molecule has 3 N–H and O–H groups in total. The van der Waals surface area contributed by atoms with Crippen molar-refractivity contribution in [3.63, 3.8) is 0 Å². The fourth-order valence-corrected chi connectivity index (χ4v) is 3.67. The lowest BCUT2D eigenvalue weighted by Crippen LogP contribution is -2.52. The highest BCUT2D eigenvalue weighted by Crippen LogP contribution is 2.22. The zero-order valence-corrected chi connectivity index (χ0v) is 15.1. The molecule has 1 aromatic carbocycles. The Morgan fingerprint density at radius 1 is 1.20 bits per heavy atom. The first-order valence-corrected chi connectivity index (χ1v) is 9.18. The number of carbonyl (C=O) groups excluding carboxylic acids is 1. The van der Waals surface area contributed by atoms with Crippen molar-refractivity contribution in [1.29, 1.82) is 0 Å². The number of thiophene rings is 1. The fourth-order valence-electron chi connectivity index (χ4n) is 2.89. The van der Waals surface area contributed by atoms with Gasteiger partial charge in [0.15, 0.2) is 5.96 Å². The van der Waals surface area contributed by atoms with E-state index in [-0.39, 0.29) is 0 Å². The summed E-state index contributed by atoms with van der Waals surface area (Å²) in [5.74, 6) is 0.503. The monoisotopic (exact) mass is 357 g/mol. The molecule has 1 fully saturated rings. The molecule has 0 spiro atoms. The Labute approximate surface area is 152 Å². The number of nitrogens with one attached hydrogen (secondary N) is 1. The third-order valence-corrected chi connectivity index (χ3v) is 5.23. The van der Waals surface area contributed by atoms with Gasteiger partial charge in [0.1, 0.15) is 0 Å². The smallest absolute Gasteiger partial charge is 0.248 e. The molecule has 1 saturated heterocycles. The van der Waals surface area contributed by atoms with E-state index in [9.17, 15) is 4.79 Å². The van der Waals surface area contributed by atoms with E-state index in [4.69, 9.17) is 5.73 Å². The van der Waals surface area contributed by atoms with Gasteiger partial charge in [-0.2, -0.15) is 0 Å². The SMILES string of the molecule is CN=C(NCc1ccc(C(N)=O)cc1)N1CCN(c2cccs2)CC1. The second-order valence-electron chi connectivity index (χ2n) is 5.89. The standard InChI is InChI=1S/C18H23N5OS/c1-20-18(21-13-14-4-6-15(7-5-14)17(19)24)23-10-8-22(9-11-23)16-3-2-12-25-16/h2-7,12H,8-11,13H2,1H3,(H2,19,24)(H,20,21). The molecule has 0 radical (unpaired) electrons. The zero-order valence-electron chi connectivity index (χ0n) is 14.3. The first-order chi connectivity index (χ1) is 12.2. The molecule has 1 aromatic heterocycles. The first-order valence-electron chi connectivity index (χ1n) is 8.30. The number of benzene rings is 1. The summed E-state index contributed by atoms with van der Waals surface area (Å²) in [6, 6.07) is 11.6. The lowest BCUT2D eigenvalue weighted by Gasteiger charge is -2.37. The maximum atomic E-state index is 11.1. The van der Waals surface area contributed by atoms with Crippen molar-refractivity contribution in [3.8, 4) is 0 Å². The van der Waals surface area contributed by atoms with Gasteiger partial charge in [-0.25, -0.2) is 0 Å². The average molecular weight is 357 g/mol. The minimum atomic E-state index is -0.404. The van der Waals surface area contributed by atoms with Gasteiger partial charge in [-0.05, 0) is 35.2 Å². The largest absolute Gasteiger partial charge is 0.366 e. The molecule has 2 aromatic rings. The van der Waals surface area contributed by atoms with Crippen molar-refractivity contribution < 1.29 is 4.79 Å². The molecule has 1 aliphatic rings. The normalized spacial score (nSPS) is 15.3. The Morgan fingerprint density at radius 2 is 1.92 bits per heavy atom. The molecule has 25 heavy (non-hydrogen) atoms. The summed E-state index contributed by atoms with van der Waals surface area (Å²) in [4.78, 5) is 20.2. The first kappa shape index (κ1) is 17.3. The third-order valence-electron chi connectivity index (χ3n) is 4.30. The number of aliphatic imine (C=N–C) groups is 1. The minimum Gasteiger partial charge on any atom is -0.366 e. The Kier molecular flexibility index (Phi) is 5.55. The van der Waals surface area contributed by atoms with Crippen LogP contribution < -0.4 is 16.0 Å². The summed E-state index contributed by atoms with van der Waals surface area (Å²) < 4.78 is 0. The van der Waals surface area contributed by atoms with Gasteiger partial charge >= 0.3 is 0 Å². The van der Waals surface area contributed by atoms with E-state index in [1.165, 1.54) is 5.00 Å². The van der Waals surface area contributed by atoms with Gasteiger partial charge in [0, 0.05) is 45.3 Å². The number of amides is 1. The van der Waals surface area contributed by atoms with Crippen LogP contribution in [0.3, 0.4) is 0 Å². The van der Waals surface area contributed by atoms with Crippen molar-refractivity contribution in [3.05, 3.63) is 52.9 Å². The molecule has 0 bridgehead atoms. The van der Waals surface area contributed by atoms with E-state index in [0.29, 0.717) is 12.1 Å². The summed E-state index contributed by atoms with van der Waals surface area (Å²) >= 11 is 1.78. The molecule has 0 saturated carbocycles. The van der Waals surface area contributed by atoms with Crippen LogP contribution >= 0.6 is 11.3 Å². The molecule has 1 amide bonds. The summed E-state index contributed by atoms with van der Waals surface area (Å²) in [5.41, 5.74) is 6.88. The molecule has 132 valence electrons. The Hall–Kier alpha value is -2.54. The van der Waals surface area contributed by atoms with Crippen LogP contribution in [0.25, 0.3) is 0 Å². The highest BCUT2D eigenvalue weighted by atomic mass is 32.1. The number of guanidine groups is 1. The van der Waals surface area contributed by atoms with Gasteiger partial charge in [-0.1, -0.05) is 12.1 Å². The number of primary amides is 1. The maximum Gasteiger partial charge on any atom is 0.248 e. The molecule has 2 heterocycles. The van der Waals surface area contributed by atoms with Crippen molar-refractivity contribution >= 4 is 28.2 Å². The minimum absolute atomic E-state index is 0.404. The number of hydrogen-bond donors (Lipinski definition) is 2. The number of rotatable bonds is 4. The topological polar surface area (TPSA) is 74.0 Å². The molecule has 0 unspecified atom stereocenters. The van der Waals surface area contributed by atoms with Crippen LogP contribution in [0.5, 0.6) is 0 Å². The van der Waals surface area contributed by atoms with Gasteiger partial charge in [0.25, 0.3) is 0 Å². The molecule has 0 atom stereocenters. The summed E-state index contributed by atoms with van der Waals surface area (Å²) in [7, 11) is 1.81. The Morgan fingerprint density at radius 3 is 2.48 bits per heavy atom. The van der Waals surface area contributed by atoms with E-state index >= 15 is 0 Å². The summed E-state index contributed by atoms with van der Waals surface area (Å²) in [6.07, 6.45) is 0. The Balaban J connectivity index is 1.52. The maximum absolute atomic E-state index is 11.1. The van der Waals surface area contributed by atoms with Crippen LogP contribution in [0.4, 0.5) is 5.00 Å². The number of nitrogens with two attached hydrogens (primary N) is 1. The van der Waals surface area contributed by atoms with Gasteiger partial charge in [-0.3, -0.25) is 9.79 Å². The van der Waals surface area contributed by atoms with Gasteiger partial charge in [0.2, 0.25) is 5.91 Å². The number of carbonyl (C=O) groups is 1. The molecule has 7 heteroatoms. The predicted molar refractivity (Wildman–Crippen MR) is 103 cm³/mol. The highest BCUT2D eigenvalue weighted by molar-refractivity contribution is 7.14. The van der Waals surface area contributed by atoms with Crippen LogP contribution in [-0.2, 0) is 6.54 Å². The molecule has 0 aliphatic carbocycles. The lowest BCUT2D eigenvalue weighted by atomic mass is 10.1. The van der Waals surface area contributed by atoms with E-state index in [1.54, 1.807) is 23.5 Å². The highest BCUT2D eigenvalue weighted by Gasteiger charge is 2.20. The number of anilines is 1. The van der Waals surface area contributed by atoms with Crippen molar-refractivity contribution in [2.75, 3.05) is 38.1 Å². The van der Waals surface area contributed by atoms with Crippen molar-refractivity contribution in [2.45, 2.75) is 6.54 Å². The summed E-state index contributed by atoms with van der Waals surface area (Å²) in [6.45, 7) is 4.54. The molecular formula is C18H23N5OS. The van der Waals surface area contributed by atoms with E-state index in [0.717, 1.165) is 37.7 Å². The van der Waals surface area contributed by atoms with Gasteiger partial charge in [0.05, 0.1) is 5.00 Å². The predicted octanol–water partition coefficient (Wildman–Crippen LogP) is 1.74. The van der Waals surface area contributed by atoms with Crippen LogP contribution in [-0.4, -0.2) is 50.0 Å².